The van der Waals surface area contributed by atoms with Gasteiger partial charge < -0.3 is 14.9 Å². The average Bonchev–Trinajstić information content (AvgIpc) is 2.25. The minimum Gasteiger partial charge on any atom is -0.444 e. The summed E-state index contributed by atoms with van der Waals surface area (Å²) >= 11 is 0. The molecule has 0 radical (unpaired) electrons. The van der Waals surface area contributed by atoms with Crippen LogP contribution in [-0.4, -0.2) is 52.1 Å². The highest BCUT2D eigenvalue weighted by atomic mass is 16.6. The van der Waals surface area contributed by atoms with Crippen LogP contribution in [0, 0.1) is 0 Å². The Morgan fingerprint density at radius 3 is 2.71 bits per heavy atom. The summed E-state index contributed by atoms with van der Waals surface area (Å²) in [5.41, 5.74) is -0.563. The number of nitrogens with zero attached hydrogens (tertiary/aromatic N) is 1. The highest BCUT2D eigenvalue weighted by molar-refractivity contribution is 5.69. The summed E-state index contributed by atoms with van der Waals surface area (Å²) in [4.78, 5) is 13.4. The van der Waals surface area contributed by atoms with Gasteiger partial charge in [-0.2, -0.15) is 0 Å². The van der Waals surface area contributed by atoms with Crippen LogP contribution in [-0.2, 0) is 4.74 Å². The van der Waals surface area contributed by atoms with Crippen molar-refractivity contribution in [1.29, 1.82) is 0 Å². The van der Waals surface area contributed by atoms with Gasteiger partial charge >= 0.3 is 6.09 Å². The number of ether oxygens (including phenoxy) is 1. The molecule has 5 heteroatoms. The van der Waals surface area contributed by atoms with Crippen molar-refractivity contribution in [3.05, 3.63) is 12.2 Å². The van der Waals surface area contributed by atoms with E-state index in [4.69, 9.17) is 9.84 Å². The molecule has 0 spiro atoms. The maximum absolute atomic E-state index is 11.9. The Morgan fingerprint density at radius 1 is 1.53 bits per heavy atom. The molecule has 0 fully saturated rings. The van der Waals surface area contributed by atoms with Gasteiger partial charge in [-0.05, 0) is 27.2 Å². The first kappa shape index (κ1) is 14.0. The van der Waals surface area contributed by atoms with Crippen molar-refractivity contribution in [2.24, 2.45) is 0 Å². The number of aliphatic hydroxyl groups excluding tert-OH is 2. The van der Waals surface area contributed by atoms with E-state index in [0.717, 1.165) is 0 Å². The van der Waals surface area contributed by atoms with Gasteiger partial charge in [0, 0.05) is 6.54 Å². The van der Waals surface area contributed by atoms with Gasteiger partial charge in [0.05, 0.1) is 18.8 Å². The van der Waals surface area contributed by atoms with Crippen LogP contribution in [0.2, 0.25) is 0 Å². The molecule has 2 atom stereocenters. The largest absolute Gasteiger partial charge is 0.444 e. The van der Waals surface area contributed by atoms with Gasteiger partial charge in [0.15, 0.2) is 0 Å². The molecule has 5 nitrogen and oxygen atoms in total. The normalized spacial score (nSPS) is 22.4. The van der Waals surface area contributed by atoms with E-state index in [9.17, 15) is 9.90 Å². The van der Waals surface area contributed by atoms with Crippen LogP contribution in [0.5, 0.6) is 0 Å². The Labute approximate surface area is 102 Å². The zero-order valence-corrected chi connectivity index (χ0v) is 10.6. The summed E-state index contributed by atoms with van der Waals surface area (Å²) in [6, 6.07) is -0.417. The summed E-state index contributed by atoms with van der Waals surface area (Å²) < 4.78 is 5.26. The number of carbonyl (C=O) groups excluding carboxylic acids is 1. The zero-order chi connectivity index (χ0) is 13.1. The van der Waals surface area contributed by atoms with Crippen LogP contribution in [0.4, 0.5) is 4.79 Å². The molecule has 1 aliphatic rings. The molecule has 0 aromatic carbocycles. The SMILES string of the molecule is CC(C)(C)OC(=O)N1CC=CC[C@H]1[C@H](O)CO. The Kier molecular flexibility index (Phi) is 4.54. The summed E-state index contributed by atoms with van der Waals surface area (Å²) in [6.45, 7) is 5.42. The van der Waals surface area contributed by atoms with Crippen molar-refractivity contribution in [3.63, 3.8) is 0 Å². The van der Waals surface area contributed by atoms with E-state index in [-0.39, 0.29) is 6.61 Å². The molecule has 17 heavy (non-hydrogen) atoms. The lowest BCUT2D eigenvalue weighted by atomic mass is 10.0. The van der Waals surface area contributed by atoms with Crippen LogP contribution in [0.3, 0.4) is 0 Å². The Morgan fingerprint density at radius 2 is 2.18 bits per heavy atom. The molecule has 0 unspecified atom stereocenters. The fourth-order valence-electron chi connectivity index (χ4n) is 1.70. The highest BCUT2D eigenvalue weighted by Gasteiger charge is 2.32. The van der Waals surface area contributed by atoms with E-state index < -0.39 is 23.8 Å². The van der Waals surface area contributed by atoms with Crippen LogP contribution in [0.1, 0.15) is 27.2 Å². The third kappa shape index (κ3) is 4.02. The number of hydrogen-bond acceptors (Lipinski definition) is 4. The zero-order valence-electron chi connectivity index (χ0n) is 10.6. The Hall–Kier alpha value is -1.07. The van der Waals surface area contributed by atoms with Gasteiger partial charge in [-0.25, -0.2) is 4.79 Å². The second-order valence-corrected chi connectivity index (χ2v) is 5.16. The molecule has 98 valence electrons. The molecule has 1 heterocycles. The molecule has 2 N–H and O–H groups in total. The van der Waals surface area contributed by atoms with E-state index >= 15 is 0 Å². The number of aliphatic hydroxyl groups is 2. The fraction of sp³-hybridized carbons (Fsp3) is 0.750. The lowest BCUT2D eigenvalue weighted by Crippen LogP contribution is -2.51. The topological polar surface area (TPSA) is 70.0 Å². The van der Waals surface area contributed by atoms with Crippen molar-refractivity contribution in [1.82, 2.24) is 4.90 Å². The van der Waals surface area contributed by atoms with Crippen molar-refractivity contribution in [2.45, 2.75) is 44.9 Å². The van der Waals surface area contributed by atoms with Crippen molar-refractivity contribution >= 4 is 6.09 Å². The fourth-order valence-corrected chi connectivity index (χ4v) is 1.70. The molecular weight excluding hydrogens is 222 g/mol. The third-order valence-corrected chi connectivity index (χ3v) is 2.51. The molecule has 0 aliphatic carbocycles. The second-order valence-electron chi connectivity index (χ2n) is 5.16. The predicted molar refractivity (Wildman–Crippen MR) is 63.6 cm³/mol. The molecule has 0 aromatic heterocycles. The van der Waals surface area contributed by atoms with Gasteiger partial charge in [-0.3, -0.25) is 4.90 Å². The van der Waals surface area contributed by atoms with Crippen LogP contribution < -0.4 is 0 Å². The minimum absolute atomic E-state index is 0.363. The molecular formula is C12H21NO4. The smallest absolute Gasteiger partial charge is 0.410 e. The highest BCUT2D eigenvalue weighted by Crippen LogP contribution is 2.19. The lowest BCUT2D eigenvalue weighted by molar-refractivity contribution is -0.0162. The Bertz CT molecular complexity index is 295. The molecule has 0 aromatic rings. The number of carbonyl (C=O) groups is 1. The first-order valence-corrected chi connectivity index (χ1v) is 5.78. The standard InChI is InChI=1S/C12H21NO4/c1-12(2,3)17-11(16)13-7-5-4-6-9(13)10(15)8-14/h4-5,9-10,14-15H,6-8H2,1-3H3/t9-,10+/m0/s1. The Balaban J connectivity index is 2.72. The maximum atomic E-state index is 11.9. The van der Waals surface area contributed by atoms with Crippen molar-refractivity contribution in [3.8, 4) is 0 Å². The molecule has 0 saturated heterocycles. The summed E-state index contributed by atoms with van der Waals surface area (Å²) in [5.74, 6) is 0. The summed E-state index contributed by atoms with van der Waals surface area (Å²) in [6.07, 6.45) is 2.88. The predicted octanol–water partition coefficient (Wildman–Crippen LogP) is 0.905. The van der Waals surface area contributed by atoms with Gasteiger partial charge in [-0.1, -0.05) is 12.2 Å². The van der Waals surface area contributed by atoms with Crippen LogP contribution in [0.25, 0.3) is 0 Å². The van der Waals surface area contributed by atoms with Crippen LogP contribution >= 0.6 is 0 Å². The van der Waals surface area contributed by atoms with Crippen molar-refractivity contribution < 1.29 is 19.7 Å². The lowest BCUT2D eigenvalue weighted by Gasteiger charge is -2.36. The number of hydrogen-bond donors (Lipinski definition) is 2. The minimum atomic E-state index is -0.938. The maximum Gasteiger partial charge on any atom is 0.410 e. The van der Waals surface area contributed by atoms with Gasteiger partial charge in [0.25, 0.3) is 0 Å². The van der Waals surface area contributed by atoms with E-state index in [2.05, 4.69) is 0 Å². The molecule has 1 aliphatic heterocycles. The first-order valence-electron chi connectivity index (χ1n) is 5.78. The summed E-state index contributed by atoms with van der Waals surface area (Å²) in [7, 11) is 0. The van der Waals surface area contributed by atoms with E-state index in [1.807, 2.05) is 12.2 Å². The van der Waals surface area contributed by atoms with E-state index in [0.29, 0.717) is 13.0 Å². The van der Waals surface area contributed by atoms with E-state index in [1.54, 1.807) is 20.8 Å². The second kappa shape index (κ2) is 5.51. The van der Waals surface area contributed by atoms with Gasteiger partial charge in [-0.15, -0.1) is 0 Å². The third-order valence-electron chi connectivity index (χ3n) is 2.51. The van der Waals surface area contributed by atoms with E-state index in [1.165, 1.54) is 4.90 Å². The van der Waals surface area contributed by atoms with Crippen molar-refractivity contribution in [2.75, 3.05) is 13.2 Å². The summed E-state index contributed by atoms with van der Waals surface area (Å²) in [5, 5.41) is 18.6. The number of amides is 1. The van der Waals surface area contributed by atoms with Gasteiger partial charge in [0.1, 0.15) is 5.60 Å². The molecule has 1 rings (SSSR count). The number of rotatable bonds is 2. The van der Waals surface area contributed by atoms with Crippen LogP contribution in [0.15, 0.2) is 12.2 Å². The average molecular weight is 243 g/mol. The molecule has 1 amide bonds. The monoisotopic (exact) mass is 243 g/mol. The first-order chi connectivity index (χ1) is 7.85. The molecule has 0 saturated carbocycles. The van der Waals surface area contributed by atoms with Gasteiger partial charge in [0.2, 0.25) is 0 Å². The quantitative estimate of drug-likeness (QED) is 0.707. The molecule has 0 bridgehead atoms.